The van der Waals surface area contributed by atoms with Crippen LogP contribution >= 0.6 is 0 Å². The summed E-state index contributed by atoms with van der Waals surface area (Å²) in [6, 6.07) is 1.97. The number of amides is 1. The average molecular weight is 356 g/mol. The maximum atomic E-state index is 13.4. The maximum Gasteiger partial charge on any atom is 0.410 e. The fraction of sp³-hybridized carbons (Fsp3) is 0.529. The molecule has 1 aliphatic heterocycles. The largest absolute Gasteiger partial charge is 0.480 e. The summed E-state index contributed by atoms with van der Waals surface area (Å²) in [4.78, 5) is 26.8. The minimum Gasteiger partial charge on any atom is -0.480 e. The molecule has 1 heterocycles. The summed E-state index contributed by atoms with van der Waals surface area (Å²) in [6.07, 6.45) is -0.452. The molecular weight excluding hydrogens is 334 g/mol. The van der Waals surface area contributed by atoms with Gasteiger partial charge >= 0.3 is 12.1 Å². The van der Waals surface area contributed by atoms with Crippen LogP contribution in [-0.2, 0) is 9.53 Å². The molecule has 8 heteroatoms. The Morgan fingerprint density at radius 1 is 1.12 bits per heavy atom. The van der Waals surface area contributed by atoms with E-state index < -0.39 is 35.3 Å². The van der Waals surface area contributed by atoms with E-state index in [9.17, 15) is 23.5 Å². The molecule has 0 aromatic heterocycles. The van der Waals surface area contributed by atoms with Crippen molar-refractivity contribution in [3.8, 4) is 0 Å². The number of hydrogen-bond donors (Lipinski definition) is 1. The molecule has 138 valence electrons. The van der Waals surface area contributed by atoms with Gasteiger partial charge in [0.15, 0.2) is 11.6 Å². The van der Waals surface area contributed by atoms with Gasteiger partial charge in [-0.05, 0) is 38.5 Å². The minimum atomic E-state index is -1.16. The molecule has 0 spiro atoms. The highest BCUT2D eigenvalue weighted by Crippen LogP contribution is 2.24. The van der Waals surface area contributed by atoms with Gasteiger partial charge in [-0.25, -0.2) is 13.6 Å². The van der Waals surface area contributed by atoms with Crippen LogP contribution in [0.3, 0.4) is 0 Å². The van der Waals surface area contributed by atoms with Crippen LogP contribution in [0.2, 0.25) is 0 Å². The van der Waals surface area contributed by atoms with Crippen LogP contribution in [0, 0.1) is 11.6 Å². The van der Waals surface area contributed by atoms with Crippen LogP contribution in [0.15, 0.2) is 18.2 Å². The Labute approximate surface area is 145 Å². The van der Waals surface area contributed by atoms with Gasteiger partial charge in [-0.15, -0.1) is 0 Å². The number of hydrogen-bond acceptors (Lipinski definition) is 4. The van der Waals surface area contributed by atoms with Gasteiger partial charge in [-0.2, -0.15) is 0 Å². The van der Waals surface area contributed by atoms with E-state index in [1.165, 1.54) is 11.0 Å². The van der Waals surface area contributed by atoms with Crippen LogP contribution in [0.4, 0.5) is 13.6 Å². The van der Waals surface area contributed by atoms with Crippen LogP contribution in [0.1, 0.15) is 32.4 Å². The van der Waals surface area contributed by atoms with Gasteiger partial charge in [0, 0.05) is 26.2 Å². The number of benzene rings is 1. The number of nitrogens with zero attached hydrogens (tertiary/aromatic N) is 2. The average Bonchev–Trinajstić information content (AvgIpc) is 2.49. The van der Waals surface area contributed by atoms with Crippen molar-refractivity contribution in [1.82, 2.24) is 9.80 Å². The topological polar surface area (TPSA) is 70.1 Å². The zero-order valence-corrected chi connectivity index (χ0v) is 14.5. The Balaban J connectivity index is 2.07. The number of piperazine rings is 1. The highest BCUT2D eigenvalue weighted by Gasteiger charge is 2.33. The predicted molar refractivity (Wildman–Crippen MR) is 86.1 cm³/mol. The van der Waals surface area contributed by atoms with Crippen molar-refractivity contribution in [2.24, 2.45) is 0 Å². The van der Waals surface area contributed by atoms with E-state index in [-0.39, 0.29) is 18.7 Å². The Hall–Kier alpha value is -2.22. The molecule has 1 aromatic carbocycles. The molecule has 0 bridgehead atoms. The van der Waals surface area contributed by atoms with Crippen LogP contribution in [0.5, 0.6) is 0 Å². The number of carbonyl (C=O) groups excluding carboxylic acids is 1. The summed E-state index contributed by atoms with van der Waals surface area (Å²) < 4.78 is 31.8. The molecule has 0 unspecified atom stereocenters. The monoisotopic (exact) mass is 356 g/mol. The van der Waals surface area contributed by atoms with E-state index in [4.69, 9.17) is 4.74 Å². The molecule has 1 atom stereocenters. The maximum absolute atomic E-state index is 13.4. The van der Waals surface area contributed by atoms with Gasteiger partial charge in [0.2, 0.25) is 0 Å². The molecule has 1 saturated heterocycles. The van der Waals surface area contributed by atoms with E-state index in [1.54, 1.807) is 25.7 Å². The van der Waals surface area contributed by atoms with Crippen LogP contribution < -0.4 is 0 Å². The number of ether oxygens (including phenoxy) is 1. The third-order valence-corrected chi connectivity index (χ3v) is 3.82. The molecule has 6 nitrogen and oxygen atoms in total. The molecule has 1 amide bonds. The van der Waals surface area contributed by atoms with Gasteiger partial charge in [0.05, 0.1) is 0 Å². The van der Waals surface area contributed by atoms with Crippen LogP contribution in [-0.4, -0.2) is 58.7 Å². The summed E-state index contributed by atoms with van der Waals surface area (Å²) >= 11 is 0. The normalized spacial score (nSPS) is 17.2. The number of halogens is 2. The van der Waals surface area contributed by atoms with E-state index in [2.05, 4.69) is 0 Å². The quantitative estimate of drug-likeness (QED) is 0.902. The zero-order valence-electron chi connectivity index (χ0n) is 14.5. The smallest absolute Gasteiger partial charge is 0.410 e. The minimum absolute atomic E-state index is 0.164. The fourth-order valence-electron chi connectivity index (χ4n) is 2.68. The molecule has 0 radical (unpaired) electrons. The highest BCUT2D eigenvalue weighted by molar-refractivity contribution is 5.75. The first-order valence-corrected chi connectivity index (χ1v) is 7.98. The molecule has 0 saturated carbocycles. The van der Waals surface area contributed by atoms with Gasteiger partial charge < -0.3 is 14.7 Å². The Bertz CT molecular complexity index is 653. The van der Waals surface area contributed by atoms with E-state index >= 15 is 0 Å². The molecule has 0 aliphatic carbocycles. The van der Waals surface area contributed by atoms with Gasteiger partial charge in [0.25, 0.3) is 0 Å². The van der Waals surface area contributed by atoms with Crippen LogP contribution in [0.25, 0.3) is 0 Å². The number of carboxylic acids is 1. The van der Waals surface area contributed by atoms with Gasteiger partial charge in [-0.3, -0.25) is 9.69 Å². The van der Waals surface area contributed by atoms with Gasteiger partial charge in [0.1, 0.15) is 11.6 Å². The van der Waals surface area contributed by atoms with E-state index in [0.717, 1.165) is 12.1 Å². The van der Waals surface area contributed by atoms with Crippen molar-refractivity contribution in [2.75, 3.05) is 26.2 Å². The van der Waals surface area contributed by atoms with E-state index in [0.29, 0.717) is 13.1 Å². The zero-order chi connectivity index (χ0) is 18.8. The Morgan fingerprint density at radius 3 is 2.20 bits per heavy atom. The van der Waals surface area contributed by atoms with E-state index in [1.807, 2.05) is 0 Å². The fourth-order valence-corrected chi connectivity index (χ4v) is 2.68. The van der Waals surface area contributed by atoms with Crippen molar-refractivity contribution in [2.45, 2.75) is 32.4 Å². The number of carboxylic acid groups (broad SMARTS) is 1. The summed E-state index contributed by atoms with van der Waals surface area (Å²) in [6.45, 7) is 6.47. The molecule has 1 N–H and O–H groups in total. The number of carbonyl (C=O) groups is 2. The molecule has 2 rings (SSSR count). The summed E-state index contributed by atoms with van der Waals surface area (Å²) in [5.74, 6) is -3.27. The summed E-state index contributed by atoms with van der Waals surface area (Å²) in [7, 11) is 0. The van der Waals surface area contributed by atoms with Crippen molar-refractivity contribution >= 4 is 12.1 Å². The SMILES string of the molecule is CC(C)(C)OC(=O)N1CCN([C@H](C(=O)O)c2ccc(F)c(F)c2)CC1. The first-order valence-electron chi connectivity index (χ1n) is 7.98. The molecular formula is C17H22F2N2O4. The lowest BCUT2D eigenvalue weighted by Gasteiger charge is -2.38. The van der Waals surface area contributed by atoms with Crippen molar-refractivity contribution < 1.29 is 28.2 Å². The molecule has 1 aromatic rings. The lowest BCUT2D eigenvalue weighted by atomic mass is 10.0. The molecule has 1 fully saturated rings. The highest BCUT2D eigenvalue weighted by atomic mass is 19.2. The second kappa shape index (κ2) is 7.35. The van der Waals surface area contributed by atoms with Crippen molar-refractivity contribution in [3.05, 3.63) is 35.4 Å². The lowest BCUT2D eigenvalue weighted by Crippen LogP contribution is -2.52. The third kappa shape index (κ3) is 4.88. The number of aliphatic carboxylic acids is 1. The second-order valence-electron chi connectivity index (χ2n) is 6.92. The second-order valence-corrected chi connectivity index (χ2v) is 6.92. The Kier molecular flexibility index (Phi) is 5.62. The first kappa shape index (κ1) is 19.1. The predicted octanol–water partition coefficient (Wildman–Crippen LogP) is 2.64. The third-order valence-electron chi connectivity index (χ3n) is 3.82. The summed E-state index contributed by atoms with van der Waals surface area (Å²) in [5, 5.41) is 9.50. The van der Waals surface area contributed by atoms with Crippen molar-refractivity contribution in [1.29, 1.82) is 0 Å². The lowest BCUT2D eigenvalue weighted by molar-refractivity contribution is -0.144. The Morgan fingerprint density at radius 2 is 1.72 bits per heavy atom. The van der Waals surface area contributed by atoms with Gasteiger partial charge in [-0.1, -0.05) is 6.07 Å². The standard InChI is InChI=1S/C17H22F2N2O4/c1-17(2,3)25-16(24)21-8-6-20(7-9-21)14(15(22)23)11-4-5-12(18)13(19)10-11/h4-5,10,14H,6-9H2,1-3H3,(H,22,23)/t14-/m0/s1. The van der Waals surface area contributed by atoms with Crippen molar-refractivity contribution in [3.63, 3.8) is 0 Å². The number of rotatable bonds is 3. The molecule has 1 aliphatic rings. The molecule has 25 heavy (non-hydrogen) atoms. The summed E-state index contributed by atoms with van der Waals surface area (Å²) in [5.41, 5.74) is -0.444. The first-order chi connectivity index (χ1) is 11.6.